The molecule has 0 aliphatic carbocycles. The second-order valence-corrected chi connectivity index (χ2v) is 3.48. The van der Waals surface area contributed by atoms with Gasteiger partial charge in [0.25, 0.3) is 5.91 Å². The van der Waals surface area contributed by atoms with Gasteiger partial charge in [-0.3, -0.25) is 10.1 Å². The van der Waals surface area contributed by atoms with Gasteiger partial charge in [0.2, 0.25) is 0 Å². The van der Waals surface area contributed by atoms with E-state index in [0.29, 0.717) is 10.5 Å². The van der Waals surface area contributed by atoms with E-state index in [2.05, 4.69) is 4.98 Å². The van der Waals surface area contributed by atoms with Crippen molar-refractivity contribution in [1.29, 1.82) is 5.26 Å². The molecular weight excluding hydrogens is 226 g/mol. The molecule has 16 heavy (non-hydrogen) atoms. The molecular formula is C11H6ClN3O. The minimum absolute atomic E-state index is 0.130. The van der Waals surface area contributed by atoms with E-state index in [1.165, 1.54) is 6.07 Å². The van der Waals surface area contributed by atoms with E-state index in [1.54, 1.807) is 18.3 Å². The summed E-state index contributed by atoms with van der Waals surface area (Å²) in [6.45, 7) is 0. The first-order valence-corrected chi connectivity index (χ1v) is 4.85. The number of amides is 1. The summed E-state index contributed by atoms with van der Waals surface area (Å²) in [7, 11) is 0. The number of benzene rings is 1. The van der Waals surface area contributed by atoms with Crippen LogP contribution in [0.2, 0.25) is 5.02 Å². The smallest absolute Gasteiger partial charge is 0.266 e. The van der Waals surface area contributed by atoms with Crippen LogP contribution in [0.15, 0.2) is 30.3 Å². The van der Waals surface area contributed by atoms with Gasteiger partial charge in [-0.05, 0) is 12.1 Å². The van der Waals surface area contributed by atoms with Crippen molar-refractivity contribution < 1.29 is 4.79 Å². The largest absolute Gasteiger partial charge is 0.282 e. The van der Waals surface area contributed by atoms with Crippen LogP contribution in [0.1, 0.15) is 10.5 Å². The molecule has 0 unspecified atom stereocenters. The summed E-state index contributed by atoms with van der Waals surface area (Å²) >= 11 is 6.00. The van der Waals surface area contributed by atoms with Crippen LogP contribution in [0.4, 0.5) is 0 Å². The fraction of sp³-hybridized carbons (Fsp3) is 0. The van der Waals surface area contributed by atoms with E-state index < -0.39 is 5.91 Å². The van der Waals surface area contributed by atoms with Gasteiger partial charge in [-0.15, -0.1) is 0 Å². The van der Waals surface area contributed by atoms with Crippen LogP contribution in [-0.2, 0) is 0 Å². The molecule has 78 valence electrons. The number of nitriles is 1. The van der Waals surface area contributed by atoms with Crippen molar-refractivity contribution in [3.05, 3.63) is 41.0 Å². The highest BCUT2D eigenvalue weighted by Crippen LogP contribution is 2.22. The Bertz CT molecular complexity index is 604. The molecule has 1 N–H and O–H groups in total. The Labute approximate surface area is 96.5 Å². The lowest BCUT2D eigenvalue weighted by atomic mass is 10.2. The van der Waals surface area contributed by atoms with Crippen molar-refractivity contribution in [1.82, 2.24) is 10.3 Å². The first-order valence-electron chi connectivity index (χ1n) is 4.47. The molecule has 0 spiro atoms. The average molecular weight is 232 g/mol. The molecule has 0 bridgehead atoms. The lowest BCUT2D eigenvalue weighted by Gasteiger charge is -2.02. The predicted octanol–water partition coefficient (Wildman–Crippen LogP) is 2.10. The van der Waals surface area contributed by atoms with Crippen LogP contribution in [0.3, 0.4) is 0 Å². The number of rotatable bonds is 1. The highest BCUT2D eigenvalue weighted by atomic mass is 35.5. The maximum atomic E-state index is 11.4. The fourth-order valence-electron chi connectivity index (χ4n) is 1.36. The molecule has 0 aliphatic heterocycles. The number of fused-ring (bicyclic) bond motifs is 1. The van der Waals surface area contributed by atoms with Gasteiger partial charge in [0.1, 0.15) is 5.69 Å². The molecule has 0 saturated carbocycles. The van der Waals surface area contributed by atoms with E-state index >= 15 is 0 Å². The lowest BCUT2D eigenvalue weighted by Crippen LogP contribution is -2.18. The number of carbonyl (C=O) groups excluding carboxylic acids is 1. The predicted molar refractivity (Wildman–Crippen MR) is 59.8 cm³/mol. The number of hydrogen-bond acceptors (Lipinski definition) is 3. The van der Waals surface area contributed by atoms with Crippen LogP contribution >= 0.6 is 11.6 Å². The standard InChI is InChI=1S/C11H6ClN3O/c12-8-5-10(11(16)14-6-13)15-9-4-2-1-3-7(8)9/h1-5H,(H,14,16). The fourth-order valence-corrected chi connectivity index (χ4v) is 1.63. The summed E-state index contributed by atoms with van der Waals surface area (Å²) in [5, 5.41) is 11.6. The minimum Gasteiger partial charge on any atom is -0.266 e. The Morgan fingerprint density at radius 2 is 2.19 bits per heavy atom. The molecule has 0 aliphatic rings. The lowest BCUT2D eigenvalue weighted by molar-refractivity contribution is 0.0968. The van der Waals surface area contributed by atoms with Gasteiger partial charge in [-0.2, -0.15) is 5.26 Å². The van der Waals surface area contributed by atoms with Gasteiger partial charge in [0, 0.05) is 5.39 Å². The summed E-state index contributed by atoms with van der Waals surface area (Å²) in [4.78, 5) is 15.5. The van der Waals surface area contributed by atoms with Gasteiger partial charge >= 0.3 is 0 Å². The average Bonchev–Trinajstić information content (AvgIpc) is 2.29. The van der Waals surface area contributed by atoms with E-state index in [4.69, 9.17) is 16.9 Å². The van der Waals surface area contributed by atoms with Crippen molar-refractivity contribution >= 4 is 28.4 Å². The Hall–Kier alpha value is -2.12. The van der Waals surface area contributed by atoms with Gasteiger partial charge in [-0.1, -0.05) is 29.8 Å². The summed E-state index contributed by atoms with van der Waals surface area (Å²) in [5.41, 5.74) is 0.753. The number of halogens is 1. The highest BCUT2D eigenvalue weighted by Gasteiger charge is 2.10. The van der Waals surface area contributed by atoms with E-state index in [0.717, 1.165) is 5.39 Å². The summed E-state index contributed by atoms with van der Waals surface area (Å²) in [5.74, 6) is -0.560. The molecule has 1 heterocycles. The number of hydrogen-bond donors (Lipinski definition) is 1. The van der Waals surface area contributed by atoms with Crippen molar-refractivity contribution in [2.75, 3.05) is 0 Å². The van der Waals surface area contributed by atoms with Gasteiger partial charge < -0.3 is 0 Å². The van der Waals surface area contributed by atoms with E-state index in [1.807, 2.05) is 17.4 Å². The number of aromatic nitrogens is 1. The third kappa shape index (κ3) is 1.81. The molecule has 2 rings (SSSR count). The quantitative estimate of drug-likeness (QED) is 0.604. The summed E-state index contributed by atoms with van der Waals surface area (Å²) in [6, 6.07) is 8.65. The second kappa shape index (κ2) is 4.17. The topological polar surface area (TPSA) is 65.8 Å². The minimum atomic E-state index is -0.560. The monoisotopic (exact) mass is 231 g/mol. The molecule has 2 aromatic rings. The van der Waals surface area contributed by atoms with Crippen LogP contribution in [-0.4, -0.2) is 10.9 Å². The normalized spacial score (nSPS) is 9.75. The zero-order valence-corrected chi connectivity index (χ0v) is 8.82. The summed E-state index contributed by atoms with van der Waals surface area (Å²) < 4.78 is 0. The number of carbonyl (C=O) groups is 1. The number of pyridine rings is 1. The second-order valence-electron chi connectivity index (χ2n) is 3.07. The molecule has 5 heteroatoms. The van der Waals surface area contributed by atoms with E-state index in [-0.39, 0.29) is 5.69 Å². The Morgan fingerprint density at radius 1 is 1.44 bits per heavy atom. The molecule has 0 fully saturated rings. The van der Waals surface area contributed by atoms with Crippen LogP contribution in [0.5, 0.6) is 0 Å². The third-order valence-corrected chi connectivity index (χ3v) is 2.38. The summed E-state index contributed by atoms with van der Waals surface area (Å²) in [6.07, 6.45) is 1.55. The van der Waals surface area contributed by atoms with Crippen LogP contribution in [0, 0.1) is 11.5 Å². The zero-order valence-electron chi connectivity index (χ0n) is 8.07. The van der Waals surface area contributed by atoms with Gasteiger partial charge in [0.05, 0.1) is 10.5 Å². The van der Waals surface area contributed by atoms with Crippen molar-refractivity contribution in [3.63, 3.8) is 0 Å². The molecule has 4 nitrogen and oxygen atoms in total. The Balaban J connectivity index is 2.59. The maximum Gasteiger partial charge on any atom is 0.282 e. The molecule has 1 aromatic carbocycles. The van der Waals surface area contributed by atoms with E-state index in [9.17, 15) is 4.79 Å². The van der Waals surface area contributed by atoms with Gasteiger partial charge in [-0.25, -0.2) is 4.98 Å². The highest BCUT2D eigenvalue weighted by molar-refractivity contribution is 6.35. The zero-order chi connectivity index (χ0) is 11.5. The van der Waals surface area contributed by atoms with Crippen LogP contribution < -0.4 is 5.32 Å². The number of para-hydroxylation sites is 1. The third-order valence-electron chi connectivity index (χ3n) is 2.07. The van der Waals surface area contributed by atoms with Crippen molar-refractivity contribution in [2.45, 2.75) is 0 Å². The Morgan fingerprint density at radius 3 is 2.94 bits per heavy atom. The molecule has 0 radical (unpaired) electrons. The SMILES string of the molecule is N#CNC(=O)c1cc(Cl)c2ccccc2n1. The first-order chi connectivity index (χ1) is 7.72. The molecule has 0 saturated heterocycles. The first kappa shape index (κ1) is 10.4. The Kier molecular flexibility index (Phi) is 2.71. The molecule has 1 amide bonds. The van der Waals surface area contributed by atoms with Crippen molar-refractivity contribution in [3.8, 4) is 6.19 Å². The van der Waals surface area contributed by atoms with Gasteiger partial charge in [0.15, 0.2) is 6.19 Å². The number of nitrogens with zero attached hydrogens (tertiary/aromatic N) is 2. The molecule has 0 atom stereocenters. The molecule has 1 aromatic heterocycles. The maximum absolute atomic E-state index is 11.4. The van der Waals surface area contributed by atoms with Crippen LogP contribution in [0.25, 0.3) is 10.9 Å². The van der Waals surface area contributed by atoms with Crippen molar-refractivity contribution in [2.24, 2.45) is 0 Å². The number of nitrogens with one attached hydrogen (secondary N) is 1.